The van der Waals surface area contributed by atoms with Crippen molar-refractivity contribution in [2.24, 2.45) is 0 Å². The second kappa shape index (κ2) is 5.27. The zero-order chi connectivity index (χ0) is 13.1. The van der Waals surface area contributed by atoms with Crippen molar-refractivity contribution in [1.29, 1.82) is 0 Å². The third-order valence-electron chi connectivity index (χ3n) is 2.04. The second-order valence-corrected chi connectivity index (χ2v) is 5.83. The number of nitro groups is 1. The number of halogens is 1. The lowest BCUT2D eigenvalue weighted by atomic mass is 10.4. The zero-order valence-corrected chi connectivity index (χ0v) is 11.4. The summed E-state index contributed by atoms with van der Waals surface area (Å²) in [6, 6.07) is 3.82. The molecule has 94 valence electrons. The molecule has 2 aromatic heterocycles. The molecule has 7 nitrogen and oxygen atoms in total. The van der Waals surface area contributed by atoms with Crippen molar-refractivity contribution in [2.75, 3.05) is 11.1 Å². The zero-order valence-electron chi connectivity index (χ0n) is 8.96. The number of nitrogens with zero attached hydrogens (tertiary/aromatic N) is 3. The first-order valence-corrected chi connectivity index (χ1v) is 6.42. The number of nitrogen functional groups attached to an aromatic ring is 1. The summed E-state index contributed by atoms with van der Waals surface area (Å²) < 4.78 is 0.996. The molecule has 0 unspecified atom stereocenters. The first-order chi connectivity index (χ1) is 8.56. The van der Waals surface area contributed by atoms with Gasteiger partial charge in [0.15, 0.2) is 0 Å². The maximum absolute atomic E-state index is 10.8. The predicted octanol–water partition coefficient (Wildman–Crippen LogP) is 2.40. The van der Waals surface area contributed by atoms with Crippen LogP contribution in [0.5, 0.6) is 0 Å². The van der Waals surface area contributed by atoms with E-state index in [1.54, 1.807) is 0 Å². The van der Waals surface area contributed by atoms with Crippen molar-refractivity contribution in [2.45, 2.75) is 6.54 Å². The van der Waals surface area contributed by atoms with Gasteiger partial charge in [0.25, 0.3) is 0 Å². The molecule has 0 amide bonds. The summed E-state index contributed by atoms with van der Waals surface area (Å²) in [7, 11) is 0. The predicted molar refractivity (Wildman–Crippen MR) is 72.4 cm³/mol. The second-order valence-electron chi connectivity index (χ2n) is 3.28. The molecule has 0 aliphatic heterocycles. The Morgan fingerprint density at radius 1 is 1.56 bits per heavy atom. The van der Waals surface area contributed by atoms with E-state index in [0.29, 0.717) is 6.54 Å². The highest BCUT2D eigenvalue weighted by Crippen LogP contribution is 2.25. The number of thiophene rings is 1. The number of anilines is 2. The fourth-order valence-electron chi connectivity index (χ4n) is 1.27. The first-order valence-electron chi connectivity index (χ1n) is 4.81. The summed E-state index contributed by atoms with van der Waals surface area (Å²) >= 11 is 4.88. The highest BCUT2D eigenvalue weighted by molar-refractivity contribution is 9.11. The molecule has 0 saturated carbocycles. The standard InChI is InChI=1S/C9H8BrN5O2S/c10-7-2-1-5(18-7)3-12-8-6(15(16)17)4-13-9(11)14-8/h1-2,4H,3H2,(H3,11,12,13,14). The van der Waals surface area contributed by atoms with Crippen LogP contribution in [0.4, 0.5) is 17.5 Å². The van der Waals surface area contributed by atoms with Gasteiger partial charge in [-0.15, -0.1) is 11.3 Å². The van der Waals surface area contributed by atoms with E-state index in [1.165, 1.54) is 11.3 Å². The molecule has 0 bridgehead atoms. The van der Waals surface area contributed by atoms with Crippen molar-refractivity contribution in [3.8, 4) is 0 Å². The van der Waals surface area contributed by atoms with Gasteiger partial charge in [-0.3, -0.25) is 10.1 Å². The summed E-state index contributed by atoms with van der Waals surface area (Å²) in [5.41, 5.74) is 5.22. The molecule has 2 heterocycles. The molecule has 0 atom stereocenters. The number of hydrogen-bond acceptors (Lipinski definition) is 7. The molecule has 0 aliphatic carbocycles. The summed E-state index contributed by atoms with van der Waals surface area (Å²) in [5.74, 6) is 0.118. The Bertz CT molecular complexity index is 588. The molecular formula is C9H8BrN5O2S. The van der Waals surface area contributed by atoms with E-state index < -0.39 is 4.92 Å². The fourth-order valence-corrected chi connectivity index (χ4v) is 2.69. The van der Waals surface area contributed by atoms with Gasteiger partial charge in [-0.1, -0.05) is 0 Å². The van der Waals surface area contributed by atoms with Crippen LogP contribution in [-0.4, -0.2) is 14.9 Å². The van der Waals surface area contributed by atoms with E-state index in [4.69, 9.17) is 5.73 Å². The quantitative estimate of drug-likeness (QED) is 0.658. The van der Waals surface area contributed by atoms with Crippen LogP contribution in [0.1, 0.15) is 4.88 Å². The van der Waals surface area contributed by atoms with Crippen molar-refractivity contribution >= 4 is 44.7 Å². The average Bonchev–Trinajstić information content (AvgIpc) is 2.72. The SMILES string of the molecule is Nc1ncc([N+](=O)[O-])c(NCc2ccc(Br)s2)n1. The number of nitrogens with two attached hydrogens (primary N) is 1. The first kappa shape index (κ1) is 12.7. The normalized spacial score (nSPS) is 10.3. The summed E-state index contributed by atoms with van der Waals surface area (Å²) in [4.78, 5) is 18.7. The van der Waals surface area contributed by atoms with Gasteiger partial charge < -0.3 is 11.1 Å². The smallest absolute Gasteiger partial charge is 0.329 e. The average molecular weight is 330 g/mol. The van der Waals surface area contributed by atoms with Crippen molar-refractivity contribution < 1.29 is 4.92 Å². The van der Waals surface area contributed by atoms with Gasteiger partial charge in [0, 0.05) is 4.88 Å². The molecule has 0 aliphatic rings. The van der Waals surface area contributed by atoms with E-state index in [0.717, 1.165) is 14.9 Å². The van der Waals surface area contributed by atoms with Crippen molar-refractivity contribution in [3.63, 3.8) is 0 Å². The molecule has 0 fully saturated rings. The van der Waals surface area contributed by atoms with Gasteiger partial charge in [-0.2, -0.15) is 4.98 Å². The highest BCUT2D eigenvalue weighted by atomic mass is 79.9. The topological polar surface area (TPSA) is 107 Å². The fraction of sp³-hybridized carbons (Fsp3) is 0.111. The summed E-state index contributed by atoms with van der Waals surface area (Å²) in [6.07, 6.45) is 1.09. The molecule has 2 aromatic rings. The van der Waals surface area contributed by atoms with Crippen LogP contribution in [0.25, 0.3) is 0 Å². The third-order valence-corrected chi connectivity index (χ3v) is 3.67. The minimum Gasteiger partial charge on any atom is -0.368 e. The van der Waals surface area contributed by atoms with Gasteiger partial charge in [-0.05, 0) is 28.1 Å². The molecule has 2 rings (SSSR count). The minimum atomic E-state index is -0.549. The van der Waals surface area contributed by atoms with Crippen LogP contribution < -0.4 is 11.1 Å². The van der Waals surface area contributed by atoms with Gasteiger partial charge >= 0.3 is 5.69 Å². The lowest BCUT2D eigenvalue weighted by Crippen LogP contribution is -2.06. The number of hydrogen-bond donors (Lipinski definition) is 2. The Kier molecular flexibility index (Phi) is 3.72. The van der Waals surface area contributed by atoms with E-state index in [-0.39, 0.29) is 17.5 Å². The van der Waals surface area contributed by atoms with E-state index >= 15 is 0 Å². The molecule has 0 aromatic carbocycles. The summed E-state index contributed by atoms with van der Waals surface area (Å²) in [6.45, 7) is 0.438. The van der Waals surface area contributed by atoms with Crippen LogP contribution in [0.15, 0.2) is 22.1 Å². The largest absolute Gasteiger partial charge is 0.368 e. The lowest BCUT2D eigenvalue weighted by molar-refractivity contribution is -0.384. The van der Waals surface area contributed by atoms with E-state index in [1.807, 2.05) is 12.1 Å². The molecule has 0 radical (unpaired) electrons. The Morgan fingerprint density at radius 3 is 2.94 bits per heavy atom. The lowest BCUT2D eigenvalue weighted by Gasteiger charge is -2.04. The molecule has 3 N–H and O–H groups in total. The number of aromatic nitrogens is 2. The van der Waals surface area contributed by atoms with Crippen molar-refractivity contribution in [1.82, 2.24) is 9.97 Å². The van der Waals surface area contributed by atoms with Crippen LogP contribution >= 0.6 is 27.3 Å². The number of rotatable bonds is 4. The van der Waals surface area contributed by atoms with E-state index in [9.17, 15) is 10.1 Å². The Balaban J connectivity index is 2.17. The maximum Gasteiger partial charge on any atom is 0.329 e. The third kappa shape index (κ3) is 2.93. The van der Waals surface area contributed by atoms with Gasteiger partial charge in [0.1, 0.15) is 6.20 Å². The molecule has 0 saturated heterocycles. The Labute approximate surface area is 114 Å². The highest BCUT2D eigenvalue weighted by Gasteiger charge is 2.16. The molecular weight excluding hydrogens is 322 g/mol. The minimum absolute atomic E-state index is 0.00420. The molecule has 18 heavy (non-hydrogen) atoms. The van der Waals surface area contributed by atoms with Gasteiger partial charge in [0.05, 0.1) is 15.3 Å². The summed E-state index contributed by atoms with van der Waals surface area (Å²) in [5, 5.41) is 13.7. The Morgan fingerprint density at radius 2 is 2.33 bits per heavy atom. The van der Waals surface area contributed by atoms with Crippen LogP contribution in [0.3, 0.4) is 0 Å². The van der Waals surface area contributed by atoms with Gasteiger partial charge in [0.2, 0.25) is 11.8 Å². The maximum atomic E-state index is 10.8. The van der Waals surface area contributed by atoms with Gasteiger partial charge in [-0.25, -0.2) is 4.98 Å². The van der Waals surface area contributed by atoms with E-state index in [2.05, 4.69) is 31.2 Å². The molecule has 9 heteroatoms. The van der Waals surface area contributed by atoms with Crippen LogP contribution in [0, 0.1) is 10.1 Å². The monoisotopic (exact) mass is 329 g/mol. The number of nitrogens with one attached hydrogen (secondary N) is 1. The van der Waals surface area contributed by atoms with Crippen LogP contribution in [-0.2, 0) is 6.54 Å². The Hall–Kier alpha value is -1.74. The van der Waals surface area contributed by atoms with Crippen LogP contribution in [0.2, 0.25) is 0 Å². The van der Waals surface area contributed by atoms with Crippen molar-refractivity contribution in [3.05, 3.63) is 37.1 Å². The molecule has 0 spiro atoms.